The summed E-state index contributed by atoms with van der Waals surface area (Å²) < 4.78 is 13.7. The summed E-state index contributed by atoms with van der Waals surface area (Å²) in [7, 11) is 0. The van der Waals surface area contributed by atoms with Gasteiger partial charge in [-0.15, -0.1) is 11.3 Å². The van der Waals surface area contributed by atoms with Crippen molar-refractivity contribution in [2.45, 2.75) is 0 Å². The Hall–Kier alpha value is -1.40. The molecule has 1 aromatic heterocycles. The molecule has 0 unspecified atom stereocenters. The first-order chi connectivity index (χ1) is 8.08. The highest BCUT2D eigenvalue weighted by molar-refractivity contribution is 9.10. The van der Waals surface area contributed by atoms with Crippen LogP contribution >= 0.6 is 27.3 Å². The van der Waals surface area contributed by atoms with Crippen LogP contribution in [0, 0.1) is 5.82 Å². The van der Waals surface area contributed by atoms with Crippen molar-refractivity contribution in [1.29, 1.82) is 0 Å². The molecule has 2 rings (SSSR count). The van der Waals surface area contributed by atoms with Gasteiger partial charge < -0.3 is 10.4 Å². The number of carbonyl (C=O) groups excluding carboxylic acids is 1. The number of thiophene rings is 1. The van der Waals surface area contributed by atoms with Crippen molar-refractivity contribution in [1.82, 2.24) is 0 Å². The third-order valence-electron chi connectivity index (χ3n) is 2.03. The smallest absolute Gasteiger partial charge is 0.266 e. The quantitative estimate of drug-likeness (QED) is 0.832. The van der Waals surface area contributed by atoms with Crippen LogP contribution in [0.3, 0.4) is 0 Å². The number of aromatic hydroxyl groups is 1. The first kappa shape index (κ1) is 12.1. The molecule has 6 heteroatoms. The minimum atomic E-state index is -0.770. The van der Waals surface area contributed by atoms with E-state index in [9.17, 15) is 9.18 Å². The number of hydrogen-bond acceptors (Lipinski definition) is 3. The predicted molar refractivity (Wildman–Crippen MR) is 68.0 cm³/mol. The van der Waals surface area contributed by atoms with Crippen molar-refractivity contribution >= 4 is 38.9 Å². The van der Waals surface area contributed by atoms with Gasteiger partial charge in [0, 0.05) is 16.2 Å². The van der Waals surface area contributed by atoms with Crippen molar-refractivity contribution < 1.29 is 14.3 Å². The summed E-state index contributed by atoms with van der Waals surface area (Å²) in [6.45, 7) is 0. The zero-order valence-corrected chi connectivity index (χ0v) is 10.8. The van der Waals surface area contributed by atoms with Gasteiger partial charge in [-0.25, -0.2) is 4.39 Å². The van der Waals surface area contributed by atoms with Crippen molar-refractivity contribution in [3.63, 3.8) is 0 Å². The SMILES string of the molecule is O=C(Nc1ccc(O)c(F)c1)c1sccc1Br. The third-order valence-corrected chi connectivity index (χ3v) is 3.87. The van der Waals surface area contributed by atoms with E-state index >= 15 is 0 Å². The van der Waals surface area contributed by atoms with Gasteiger partial charge in [0.1, 0.15) is 4.88 Å². The van der Waals surface area contributed by atoms with E-state index in [1.165, 1.54) is 23.5 Å². The number of hydrogen-bond donors (Lipinski definition) is 2. The number of halogens is 2. The van der Waals surface area contributed by atoms with E-state index in [0.29, 0.717) is 15.0 Å². The van der Waals surface area contributed by atoms with Crippen molar-refractivity contribution in [3.05, 3.63) is 44.8 Å². The van der Waals surface area contributed by atoms with E-state index in [4.69, 9.17) is 5.11 Å². The first-order valence-electron chi connectivity index (χ1n) is 4.61. The molecule has 1 amide bonds. The number of benzene rings is 1. The minimum absolute atomic E-state index is 0.297. The number of rotatable bonds is 2. The number of amides is 1. The Morgan fingerprint density at radius 1 is 1.41 bits per heavy atom. The lowest BCUT2D eigenvalue weighted by Crippen LogP contribution is -2.10. The van der Waals surface area contributed by atoms with Gasteiger partial charge in [0.05, 0.1) is 0 Å². The van der Waals surface area contributed by atoms with Gasteiger partial charge in [0.2, 0.25) is 0 Å². The molecule has 17 heavy (non-hydrogen) atoms. The maximum Gasteiger partial charge on any atom is 0.266 e. The summed E-state index contributed by atoms with van der Waals surface area (Å²) in [5.41, 5.74) is 0.297. The molecule has 0 fully saturated rings. The van der Waals surface area contributed by atoms with Gasteiger partial charge in [-0.3, -0.25) is 4.79 Å². The van der Waals surface area contributed by atoms with Crippen LogP contribution in [0.4, 0.5) is 10.1 Å². The van der Waals surface area contributed by atoms with Crippen LogP contribution in [0.1, 0.15) is 9.67 Å². The average Bonchev–Trinajstić information content (AvgIpc) is 2.70. The summed E-state index contributed by atoms with van der Waals surface area (Å²) in [4.78, 5) is 12.3. The summed E-state index contributed by atoms with van der Waals surface area (Å²) in [5, 5.41) is 13.3. The highest BCUT2D eigenvalue weighted by atomic mass is 79.9. The van der Waals surface area contributed by atoms with E-state index in [-0.39, 0.29) is 5.91 Å². The van der Waals surface area contributed by atoms with Crippen LogP contribution in [0.5, 0.6) is 5.75 Å². The Labute approximate surface area is 109 Å². The summed E-state index contributed by atoms with van der Waals surface area (Å²) in [6, 6.07) is 5.44. The van der Waals surface area contributed by atoms with Crippen molar-refractivity contribution in [2.24, 2.45) is 0 Å². The number of carbonyl (C=O) groups is 1. The summed E-state index contributed by atoms with van der Waals surface area (Å²) in [6.07, 6.45) is 0. The van der Waals surface area contributed by atoms with E-state index in [1.807, 2.05) is 0 Å². The molecule has 2 aromatic rings. The fourth-order valence-electron chi connectivity index (χ4n) is 1.23. The molecule has 0 spiro atoms. The lowest BCUT2D eigenvalue weighted by Gasteiger charge is -2.04. The first-order valence-corrected chi connectivity index (χ1v) is 6.28. The van der Waals surface area contributed by atoms with E-state index in [2.05, 4.69) is 21.2 Å². The molecule has 0 aliphatic rings. The van der Waals surface area contributed by atoms with Gasteiger partial charge in [0.15, 0.2) is 11.6 Å². The lowest BCUT2D eigenvalue weighted by atomic mass is 10.3. The van der Waals surface area contributed by atoms with Crippen LogP contribution in [-0.4, -0.2) is 11.0 Å². The standard InChI is InChI=1S/C11H7BrFNO2S/c12-7-3-4-17-10(7)11(16)14-6-1-2-9(15)8(13)5-6/h1-5,15H,(H,14,16). The monoisotopic (exact) mass is 315 g/mol. The molecule has 88 valence electrons. The Balaban J connectivity index is 2.19. The normalized spacial score (nSPS) is 10.2. The molecule has 0 atom stereocenters. The van der Waals surface area contributed by atoms with Gasteiger partial charge >= 0.3 is 0 Å². The molecule has 0 aliphatic heterocycles. The van der Waals surface area contributed by atoms with E-state index in [1.54, 1.807) is 11.4 Å². The van der Waals surface area contributed by atoms with Crippen LogP contribution in [0.2, 0.25) is 0 Å². The summed E-state index contributed by atoms with van der Waals surface area (Å²) >= 11 is 4.52. The molecule has 0 bridgehead atoms. The Kier molecular flexibility index (Phi) is 3.44. The third kappa shape index (κ3) is 2.65. The van der Waals surface area contributed by atoms with Crippen molar-refractivity contribution in [2.75, 3.05) is 5.32 Å². The van der Waals surface area contributed by atoms with Gasteiger partial charge in [-0.2, -0.15) is 0 Å². The second-order valence-corrected chi connectivity index (χ2v) is 4.99. The van der Waals surface area contributed by atoms with Crippen LogP contribution in [-0.2, 0) is 0 Å². The van der Waals surface area contributed by atoms with Gasteiger partial charge in [0.25, 0.3) is 5.91 Å². The largest absolute Gasteiger partial charge is 0.505 e. The van der Waals surface area contributed by atoms with Crippen LogP contribution in [0.25, 0.3) is 0 Å². The van der Waals surface area contributed by atoms with Gasteiger partial charge in [-0.1, -0.05) is 0 Å². The minimum Gasteiger partial charge on any atom is -0.505 e. The molecular weight excluding hydrogens is 309 g/mol. The zero-order chi connectivity index (χ0) is 12.4. The van der Waals surface area contributed by atoms with Gasteiger partial charge in [-0.05, 0) is 39.5 Å². The zero-order valence-electron chi connectivity index (χ0n) is 8.41. The Morgan fingerprint density at radius 2 is 2.18 bits per heavy atom. The highest BCUT2D eigenvalue weighted by Crippen LogP contribution is 2.25. The molecule has 3 nitrogen and oxygen atoms in total. The Bertz CT molecular complexity index is 570. The highest BCUT2D eigenvalue weighted by Gasteiger charge is 2.12. The van der Waals surface area contributed by atoms with E-state index < -0.39 is 11.6 Å². The molecule has 0 saturated heterocycles. The van der Waals surface area contributed by atoms with Crippen LogP contribution < -0.4 is 5.32 Å². The Morgan fingerprint density at radius 3 is 2.76 bits per heavy atom. The average molecular weight is 316 g/mol. The predicted octanol–water partition coefficient (Wildman–Crippen LogP) is 3.61. The maximum atomic E-state index is 13.0. The van der Waals surface area contributed by atoms with Crippen molar-refractivity contribution in [3.8, 4) is 5.75 Å². The molecule has 1 aromatic carbocycles. The van der Waals surface area contributed by atoms with E-state index in [0.717, 1.165) is 6.07 Å². The number of phenols is 1. The maximum absolute atomic E-state index is 13.0. The second kappa shape index (κ2) is 4.85. The number of anilines is 1. The fourth-order valence-corrected chi connectivity index (χ4v) is 2.67. The molecule has 2 N–H and O–H groups in total. The molecule has 0 saturated carbocycles. The molecular formula is C11H7BrFNO2S. The molecule has 0 radical (unpaired) electrons. The molecule has 0 aliphatic carbocycles. The number of phenolic OH excluding ortho intramolecular Hbond substituents is 1. The fraction of sp³-hybridized carbons (Fsp3) is 0. The molecule has 1 heterocycles. The summed E-state index contributed by atoms with van der Waals surface area (Å²) in [5.74, 6) is -1.54. The lowest BCUT2D eigenvalue weighted by molar-refractivity contribution is 0.103. The van der Waals surface area contributed by atoms with Crippen LogP contribution in [0.15, 0.2) is 34.1 Å². The number of nitrogens with one attached hydrogen (secondary N) is 1. The topological polar surface area (TPSA) is 49.3 Å². The second-order valence-electron chi connectivity index (χ2n) is 3.22.